The van der Waals surface area contributed by atoms with Crippen LogP contribution in [0.3, 0.4) is 0 Å². The summed E-state index contributed by atoms with van der Waals surface area (Å²) in [7, 11) is 0. The lowest BCUT2D eigenvalue weighted by molar-refractivity contribution is -0.190. The minimum atomic E-state index is -1.27. The quantitative estimate of drug-likeness (QED) is 0.330. The van der Waals surface area contributed by atoms with Crippen LogP contribution in [-0.2, 0) is 33.4 Å². The van der Waals surface area contributed by atoms with Crippen molar-refractivity contribution < 1.29 is 38.5 Å². The van der Waals surface area contributed by atoms with Crippen LogP contribution in [0.4, 0.5) is 0 Å². The van der Waals surface area contributed by atoms with Gasteiger partial charge in [-0.25, -0.2) is 9.59 Å². The van der Waals surface area contributed by atoms with Gasteiger partial charge in [0.15, 0.2) is 5.78 Å². The number of rotatable bonds is 7. The normalized spacial score (nSPS) is 36.1. The van der Waals surface area contributed by atoms with Crippen molar-refractivity contribution in [2.75, 3.05) is 0 Å². The fourth-order valence-corrected chi connectivity index (χ4v) is 5.36. The minimum Gasteiger partial charge on any atom is -0.457 e. The fraction of sp³-hybridized carbons (Fsp3) is 0.630. The van der Waals surface area contributed by atoms with Crippen molar-refractivity contribution in [3.63, 3.8) is 0 Å². The number of fused-ring (bicyclic) bond motifs is 3. The van der Waals surface area contributed by atoms with Crippen molar-refractivity contribution in [1.82, 2.24) is 0 Å². The Balaban J connectivity index is 2.10. The van der Waals surface area contributed by atoms with E-state index in [0.29, 0.717) is 12.8 Å². The van der Waals surface area contributed by atoms with E-state index in [9.17, 15) is 24.3 Å². The van der Waals surface area contributed by atoms with Crippen LogP contribution in [-0.4, -0.2) is 52.7 Å². The topological polar surface area (TPSA) is 116 Å². The summed E-state index contributed by atoms with van der Waals surface area (Å²) in [4.78, 5) is 51.8. The van der Waals surface area contributed by atoms with E-state index in [2.05, 4.69) is 6.58 Å². The number of ether oxygens (including phenoxy) is 3. The maximum atomic E-state index is 13.2. The van der Waals surface area contributed by atoms with Gasteiger partial charge in [0.1, 0.15) is 18.3 Å². The maximum absolute atomic E-state index is 13.2. The average molecular weight is 489 g/mol. The number of hydrogen-bond acceptors (Lipinski definition) is 8. The smallest absolute Gasteiger partial charge is 0.334 e. The lowest BCUT2D eigenvalue weighted by Crippen LogP contribution is -2.55. The van der Waals surface area contributed by atoms with Gasteiger partial charge in [-0.15, -0.1) is 0 Å². The van der Waals surface area contributed by atoms with Crippen molar-refractivity contribution in [3.05, 3.63) is 36.0 Å². The molecule has 8 nitrogen and oxygen atoms in total. The number of aliphatic hydroxyl groups is 1. The van der Waals surface area contributed by atoms with E-state index < -0.39 is 65.0 Å². The molecule has 2 fully saturated rings. The van der Waals surface area contributed by atoms with E-state index in [-0.39, 0.29) is 17.8 Å². The molecule has 0 aromatic rings. The van der Waals surface area contributed by atoms with E-state index in [1.54, 1.807) is 26.8 Å². The van der Waals surface area contributed by atoms with Crippen LogP contribution < -0.4 is 0 Å². The molecule has 8 atom stereocenters. The van der Waals surface area contributed by atoms with Gasteiger partial charge in [0.2, 0.25) is 0 Å². The zero-order valence-electron chi connectivity index (χ0n) is 21.3. The molecule has 0 aromatic carbocycles. The molecule has 2 bridgehead atoms. The molecule has 1 heterocycles. The van der Waals surface area contributed by atoms with Gasteiger partial charge in [0.05, 0.1) is 23.4 Å². The van der Waals surface area contributed by atoms with Gasteiger partial charge in [-0.05, 0) is 45.6 Å². The van der Waals surface area contributed by atoms with E-state index >= 15 is 0 Å². The third-order valence-corrected chi connectivity index (χ3v) is 7.99. The van der Waals surface area contributed by atoms with E-state index in [0.717, 1.165) is 5.57 Å². The molecule has 35 heavy (non-hydrogen) atoms. The van der Waals surface area contributed by atoms with Gasteiger partial charge < -0.3 is 19.3 Å². The van der Waals surface area contributed by atoms with Crippen molar-refractivity contribution in [1.29, 1.82) is 0 Å². The van der Waals surface area contributed by atoms with Crippen LogP contribution >= 0.6 is 0 Å². The first-order valence-electron chi connectivity index (χ1n) is 12.2. The highest BCUT2D eigenvalue weighted by molar-refractivity contribution is 5.99. The highest BCUT2D eigenvalue weighted by Crippen LogP contribution is 2.55. The second-order valence-electron chi connectivity index (χ2n) is 10.5. The highest BCUT2D eigenvalue weighted by atomic mass is 16.6. The number of hydrogen-bond donors (Lipinski definition) is 1. The molecular weight excluding hydrogens is 452 g/mol. The monoisotopic (exact) mass is 488 g/mol. The molecule has 8 heteroatoms. The minimum absolute atomic E-state index is 0.0240. The Morgan fingerprint density at radius 2 is 1.94 bits per heavy atom. The summed E-state index contributed by atoms with van der Waals surface area (Å²) < 4.78 is 17.5. The first-order valence-corrected chi connectivity index (χ1v) is 12.2. The Hall–Kier alpha value is -2.74. The third kappa shape index (κ3) is 4.85. The number of ketones is 1. The molecule has 2 aliphatic carbocycles. The molecule has 1 N–H and O–H groups in total. The zero-order valence-corrected chi connectivity index (χ0v) is 21.3. The summed E-state index contributed by atoms with van der Waals surface area (Å²) in [5.41, 5.74) is -1.71. The zero-order chi connectivity index (χ0) is 26.3. The Kier molecular flexibility index (Phi) is 7.46. The predicted molar refractivity (Wildman–Crippen MR) is 127 cm³/mol. The van der Waals surface area contributed by atoms with Gasteiger partial charge in [-0.3, -0.25) is 9.59 Å². The molecule has 3 aliphatic rings. The van der Waals surface area contributed by atoms with Gasteiger partial charge >= 0.3 is 17.9 Å². The Morgan fingerprint density at radius 1 is 1.29 bits per heavy atom. The molecule has 1 unspecified atom stereocenters. The number of carbonyl (C=O) groups excluding carboxylic acids is 4. The summed E-state index contributed by atoms with van der Waals surface area (Å²) >= 11 is 0. The SMILES string of the molecule is C=C1C(=O)O[C@@H]2[C@@H](C)[C@@H]3C=CC(=O)[C@@]3(C)[C@@H](OC(=O)/C=C(\C)CC)[C@@H]1[C@@H]2OC(=O)CC(C)(O)CC. The number of allylic oxidation sites excluding steroid dienone is 3. The average Bonchev–Trinajstić information content (AvgIpc) is 3.06. The largest absolute Gasteiger partial charge is 0.457 e. The van der Waals surface area contributed by atoms with Gasteiger partial charge in [-0.2, -0.15) is 0 Å². The molecule has 1 saturated heterocycles. The van der Waals surface area contributed by atoms with Crippen molar-refractivity contribution >= 4 is 23.7 Å². The van der Waals surface area contributed by atoms with Gasteiger partial charge in [0.25, 0.3) is 0 Å². The predicted octanol–water partition coefficient (Wildman–Crippen LogP) is 3.23. The van der Waals surface area contributed by atoms with E-state index in [1.165, 1.54) is 19.1 Å². The molecule has 0 radical (unpaired) electrons. The summed E-state index contributed by atoms with van der Waals surface area (Å²) in [5, 5.41) is 10.4. The molecule has 192 valence electrons. The van der Waals surface area contributed by atoms with Crippen LogP contribution in [0.2, 0.25) is 0 Å². The second kappa shape index (κ2) is 9.72. The van der Waals surface area contributed by atoms with Crippen LogP contribution in [0.1, 0.15) is 60.8 Å². The maximum Gasteiger partial charge on any atom is 0.334 e. The molecular formula is C27H36O8. The summed E-state index contributed by atoms with van der Waals surface area (Å²) in [5.74, 6) is -4.10. The van der Waals surface area contributed by atoms with Crippen LogP contribution in [0.5, 0.6) is 0 Å². The standard InChI is InChI=1S/C27H36O8/c1-8-14(3)12-19(29)34-24-21-16(5)25(31)35-22(15(4)17-10-11-18(28)27(17,24)7)23(21)33-20(30)13-26(6,32)9-2/h10-12,15,17,21-24,32H,5,8-9,13H2,1-4,6-7H3/b14-12+/t15-,17-,21-,22+,23-,24-,26?,27-/m0/s1. The molecule has 1 saturated carbocycles. The highest BCUT2D eigenvalue weighted by Gasteiger charge is 2.65. The van der Waals surface area contributed by atoms with E-state index in [4.69, 9.17) is 14.2 Å². The summed E-state index contributed by atoms with van der Waals surface area (Å²) in [6.45, 7) is 14.4. The molecule has 0 spiro atoms. The van der Waals surface area contributed by atoms with Gasteiger partial charge in [-0.1, -0.05) is 39.0 Å². The molecule has 0 aromatic heterocycles. The van der Waals surface area contributed by atoms with Crippen molar-refractivity contribution in [3.8, 4) is 0 Å². The third-order valence-electron chi connectivity index (χ3n) is 7.99. The van der Waals surface area contributed by atoms with Gasteiger partial charge in [0, 0.05) is 17.6 Å². The van der Waals surface area contributed by atoms with Crippen molar-refractivity contribution in [2.45, 2.75) is 84.7 Å². The lowest BCUT2D eigenvalue weighted by Gasteiger charge is -2.42. The first kappa shape index (κ1) is 26.9. The molecule has 3 rings (SSSR count). The van der Waals surface area contributed by atoms with Crippen LogP contribution in [0.15, 0.2) is 36.0 Å². The van der Waals surface area contributed by atoms with E-state index in [1.807, 2.05) is 13.8 Å². The summed E-state index contributed by atoms with van der Waals surface area (Å²) in [6, 6.07) is 0. The number of carbonyl (C=O) groups is 4. The lowest BCUT2D eigenvalue weighted by atomic mass is 9.67. The van der Waals surface area contributed by atoms with Crippen LogP contribution in [0.25, 0.3) is 0 Å². The Labute approximate surface area is 206 Å². The summed E-state index contributed by atoms with van der Waals surface area (Å²) in [6.07, 6.45) is 2.25. The Bertz CT molecular complexity index is 989. The Morgan fingerprint density at radius 3 is 2.54 bits per heavy atom. The van der Waals surface area contributed by atoms with Crippen LogP contribution in [0, 0.1) is 23.2 Å². The number of esters is 3. The molecule has 0 amide bonds. The van der Waals surface area contributed by atoms with Crippen molar-refractivity contribution in [2.24, 2.45) is 23.2 Å². The molecule has 1 aliphatic heterocycles. The fourth-order valence-electron chi connectivity index (χ4n) is 5.36. The first-order chi connectivity index (χ1) is 16.3. The second-order valence-corrected chi connectivity index (χ2v) is 10.5.